The van der Waals surface area contributed by atoms with Crippen LogP contribution in [0.3, 0.4) is 0 Å². The molecule has 0 bridgehead atoms. The zero-order valence-corrected chi connectivity index (χ0v) is 9.17. The van der Waals surface area contributed by atoms with Crippen LogP contribution in [0, 0.1) is 11.3 Å². The molecule has 0 saturated heterocycles. The van der Waals surface area contributed by atoms with Crippen LogP contribution in [0.1, 0.15) is 19.4 Å². The number of rotatable bonds is 3. The zero-order valence-electron chi connectivity index (χ0n) is 9.17. The number of benzene rings is 1. The Morgan fingerprint density at radius 2 is 2.06 bits per heavy atom. The third-order valence-electron chi connectivity index (χ3n) is 2.55. The molecule has 0 saturated carbocycles. The topological polar surface area (TPSA) is 41.6 Å². The molecule has 2 aromatic rings. The Morgan fingerprint density at radius 3 is 2.75 bits per heavy atom. The fourth-order valence-electron chi connectivity index (χ4n) is 1.58. The van der Waals surface area contributed by atoms with Gasteiger partial charge in [-0.05, 0) is 12.5 Å². The van der Waals surface area contributed by atoms with Crippen molar-refractivity contribution < 1.29 is 0 Å². The lowest BCUT2D eigenvalue weighted by Gasteiger charge is -2.06. The first kappa shape index (κ1) is 10.4. The van der Waals surface area contributed by atoms with E-state index < -0.39 is 0 Å². The normalized spacial score (nSPS) is 12.0. The molecule has 16 heavy (non-hydrogen) atoms. The second-order valence-corrected chi connectivity index (χ2v) is 3.79. The third kappa shape index (κ3) is 2.12. The average Bonchev–Trinajstić information content (AvgIpc) is 2.80. The van der Waals surface area contributed by atoms with Gasteiger partial charge >= 0.3 is 0 Å². The number of hydrogen-bond donors (Lipinski definition) is 0. The molecule has 1 heterocycles. The Labute approximate surface area is 94.9 Å². The summed E-state index contributed by atoms with van der Waals surface area (Å²) in [7, 11) is 0. The van der Waals surface area contributed by atoms with E-state index in [9.17, 15) is 0 Å². The maximum atomic E-state index is 8.63. The van der Waals surface area contributed by atoms with Crippen LogP contribution in [0.15, 0.2) is 42.7 Å². The molecular weight excluding hydrogens is 198 g/mol. The first-order chi connectivity index (χ1) is 7.81. The molecule has 1 aromatic carbocycles. The molecule has 0 radical (unpaired) electrons. The summed E-state index contributed by atoms with van der Waals surface area (Å²) in [4.78, 5) is 0. The second kappa shape index (κ2) is 4.63. The lowest BCUT2D eigenvalue weighted by Crippen LogP contribution is -2.03. The van der Waals surface area contributed by atoms with Crippen molar-refractivity contribution in [2.75, 3.05) is 0 Å². The Hall–Kier alpha value is -2.08. The first-order valence-electron chi connectivity index (χ1n) is 5.28. The highest BCUT2D eigenvalue weighted by Crippen LogP contribution is 2.20. The SMILES string of the molecule is CC(CC#N)n1cc(-c2ccccc2)cn1. The van der Waals surface area contributed by atoms with E-state index in [0.29, 0.717) is 6.42 Å². The van der Waals surface area contributed by atoms with Gasteiger partial charge in [0, 0.05) is 11.8 Å². The summed E-state index contributed by atoms with van der Waals surface area (Å²) in [5, 5.41) is 12.9. The molecule has 3 heteroatoms. The summed E-state index contributed by atoms with van der Waals surface area (Å²) in [5.74, 6) is 0. The smallest absolute Gasteiger partial charge is 0.0644 e. The molecular formula is C13H13N3. The molecule has 80 valence electrons. The van der Waals surface area contributed by atoms with E-state index in [1.807, 2.05) is 42.2 Å². The van der Waals surface area contributed by atoms with Crippen LogP contribution < -0.4 is 0 Å². The van der Waals surface area contributed by atoms with E-state index >= 15 is 0 Å². The van der Waals surface area contributed by atoms with E-state index in [4.69, 9.17) is 5.26 Å². The molecule has 1 unspecified atom stereocenters. The van der Waals surface area contributed by atoms with Crippen LogP contribution in [-0.2, 0) is 0 Å². The van der Waals surface area contributed by atoms with Crippen LogP contribution in [-0.4, -0.2) is 9.78 Å². The number of hydrogen-bond acceptors (Lipinski definition) is 2. The predicted molar refractivity (Wildman–Crippen MR) is 62.6 cm³/mol. The van der Waals surface area contributed by atoms with Gasteiger partial charge in [-0.15, -0.1) is 0 Å². The van der Waals surface area contributed by atoms with Crippen molar-refractivity contribution in [3.63, 3.8) is 0 Å². The summed E-state index contributed by atoms with van der Waals surface area (Å²) in [6.45, 7) is 1.99. The fraction of sp³-hybridized carbons (Fsp3) is 0.231. The molecule has 3 nitrogen and oxygen atoms in total. The number of nitriles is 1. The zero-order chi connectivity index (χ0) is 11.4. The van der Waals surface area contributed by atoms with Gasteiger partial charge in [-0.1, -0.05) is 30.3 Å². The molecule has 0 aliphatic rings. The van der Waals surface area contributed by atoms with Crippen molar-refractivity contribution in [2.24, 2.45) is 0 Å². The highest BCUT2D eigenvalue weighted by molar-refractivity contribution is 5.61. The van der Waals surface area contributed by atoms with Gasteiger partial charge in [0.05, 0.1) is 24.7 Å². The highest BCUT2D eigenvalue weighted by Gasteiger charge is 2.06. The average molecular weight is 211 g/mol. The molecule has 0 fully saturated rings. The van der Waals surface area contributed by atoms with Crippen molar-refractivity contribution in [3.05, 3.63) is 42.7 Å². The van der Waals surface area contributed by atoms with Gasteiger partial charge in [-0.2, -0.15) is 10.4 Å². The van der Waals surface area contributed by atoms with Gasteiger partial charge in [0.25, 0.3) is 0 Å². The summed E-state index contributed by atoms with van der Waals surface area (Å²) in [6, 6.07) is 12.4. The first-order valence-corrected chi connectivity index (χ1v) is 5.28. The molecule has 2 rings (SSSR count). The molecule has 1 aromatic heterocycles. The fourth-order valence-corrected chi connectivity index (χ4v) is 1.58. The van der Waals surface area contributed by atoms with Gasteiger partial charge in [0.15, 0.2) is 0 Å². The van der Waals surface area contributed by atoms with Crippen LogP contribution >= 0.6 is 0 Å². The summed E-state index contributed by atoms with van der Waals surface area (Å²) in [6.07, 6.45) is 4.30. The molecule has 1 atom stereocenters. The van der Waals surface area contributed by atoms with E-state index in [0.717, 1.165) is 11.1 Å². The van der Waals surface area contributed by atoms with E-state index in [2.05, 4.69) is 23.3 Å². The summed E-state index contributed by atoms with van der Waals surface area (Å²) >= 11 is 0. The van der Waals surface area contributed by atoms with Crippen molar-refractivity contribution in [1.29, 1.82) is 5.26 Å². The van der Waals surface area contributed by atoms with Crippen molar-refractivity contribution >= 4 is 0 Å². The third-order valence-corrected chi connectivity index (χ3v) is 2.55. The largest absolute Gasteiger partial charge is 0.268 e. The minimum atomic E-state index is 0.127. The van der Waals surface area contributed by atoms with Crippen molar-refractivity contribution in [2.45, 2.75) is 19.4 Å². The molecule has 0 aliphatic carbocycles. The number of aromatic nitrogens is 2. The van der Waals surface area contributed by atoms with Crippen LogP contribution in [0.2, 0.25) is 0 Å². The van der Waals surface area contributed by atoms with Crippen LogP contribution in [0.4, 0.5) is 0 Å². The van der Waals surface area contributed by atoms with Crippen molar-refractivity contribution in [1.82, 2.24) is 9.78 Å². The Kier molecular flexibility index (Phi) is 3.02. The molecule has 0 N–H and O–H groups in total. The van der Waals surface area contributed by atoms with Gasteiger partial charge in [-0.25, -0.2) is 0 Å². The second-order valence-electron chi connectivity index (χ2n) is 3.79. The van der Waals surface area contributed by atoms with Gasteiger partial charge in [0.2, 0.25) is 0 Å². The van der Waals surface area contributed by atoms with Crippen LogP contribution in [0.5, 0.6) is 0 Å². The number of nitrogens with zero attached hydrogens (tertiary/aromatic N) is 3. The minimum absolute atomic E-state index is 0.127. The van der Waals surface area contributed by atoms with Gasteiger partial charge < -0.3 is 0 Å². The molecule has 0 aliphatic heterocycles. The van der Waals surface area contributed by atoms with E-state index in [-0.39, 0.29) is 6.04 Å². The minimum Gasteiger partial charge on any atom is -0.268 e. The standard InChI is InChI=1S/C13H13N3/c1-11(7-8-14)16-10-13(9-15-16)12-5-3-2-4-6-12/h2-6,9-11H,7H2,1H3. The van der Waals surface area contributed by atoms with Gasteiger partial charge in [0.1, 0.15) is 0 Å². The van der Waals surface area contributed by atoms with E-state index in [1.54, 1.807) is 0 Å². The monoisotopic (exact) mass is 211 g/mol. The Bertz CT molecular complexity index is 493. The lowest BCUT2D eigenvalue weighted by atomic mass is 10.1. The summed E-state index contributed by atoms with van der Waals surface area (Å²) < 4.78 is 1.84. The quantitative estimate of drug-likeness (QED) is 0.783. The predicted octanol–water partition coefficient (Wildman–Crippen LogP) is 3.02. The Balaban J connectivity index is 2.24. The van der Waals surface area contributed by atoms with E-state index in [1.165, 1.54) is 0 Å². The Morgan fingerprint density at radius 1 is 1.31 bits per heavy atom. The molecule has 0 spiro atoms. The van der Waals surface area contributed by atoms with Crippen molar-refractivity contribution in [3.8, 4) is 17.2 Å². The van der Waals surface area contributed by atoms with Gasteiger partial charge in [-0.3, -0.25) is 4.68 Å². The maximum Gasteiger partial charge on any atom is 0.0644 e. The maximum absolute atomic E-state index is 8.63. The highest BCUT2D eigenvalue weighted by atomic mass is 15.3. The summed E-state index contributed by atoms with van der Waals surface area (Å²) in [5.41, 5.74) is 2.24. The lowest BCUT2D eigenvalue weighted by molar-refractivity contribution is 0.500. The van der Waals surface area contributed by atoms with Crippen LogP contribution in [0.25, 0.3) is 11.1 Å². The molecule has 0 amide bonds.